The second-order valence-electron chi connectivity index (χ2n) is 3.30. The van der Waals surface area contributed by atoms with Gasteiger partial charge in [0.15, 0.2) is 6.61 Å². The topological polar surface area (TPSA) is 85.9 Å². The number of nitriles is 2. The van der Waals surface area contributed by atoms with Gasteiger partial charge in [0.1, 0.15) is 11.8 Å². The van der Waals surface area contributed by atoms with E-state index < -0.39 is 0 Å². The first kappa shape index (κ1) is 13.8. The molecule has 18 heavy (non-hydrogen) atoms. The smallest absolute Gasteiger partial charge is 0.257 e. The summed E-state index contributed by atoms with van der Waals surface area (Å²) < 4.78 is 5.19. The van der Waals surface area contributed by atoms with Crippen molar-refractivity contribution in [3.63, 3.8) is 0 Å². The average Bonchev–Trinajstić information content (AvgIpc) is 2.37. The molecule has 0 aliphatic carbocycles. The summed E-state index contributed by atoms with van der Waals surface area (Å²) in [6, 6.07) is 8.39. The number of amides is 1. The van der Waals surface area contributed by atoms with Crippen LogP contribution in [0, 0.1) is 22.7 Å². The van der Waals surface area contributed by atoms with E-state index in [1.807, 2.05) is 12.1 Å². The Kier molecular flexibility index (Phi) is 5.50. The van der Waals surface area contributed by atoms with Gasteiger partial charge in [-0.05, 0) is 12.1 Å². The van der Waals surface area contributed by atoms with Gasteiger partial charge in [-0.15, -0.1) is 0 Å². The van der Waals surface area contributed by atoms with Gasteiger partial charge in [-0.2, -0.15) is 10.5 Å². The molecule has 6 heteroatoms. The SMILES string of the molecule is N#CCCNC(=O)COc1ccc(C#N)c(Cl)c1. The second kappa shape index (κ2) is 7.16. The zero-order valence-corrected chi connectivity index (χ0v) is 10.2. The number of hydrogen-bond acceptors (Lipinski definition) is 4. The third kappa shape index (κ3) is 4.32. The summed E-state index contributed by atoms with van der Waals surface area (Å²) in [6.07, 6.45) is 0.258. The van der Waals surface area contributed by atoms with Crippen LogP contribution in [-0.4, -0.2) is 19.1 Å². The molecule has 1 aromatic carbocycles. The van der Waals surface area contributed by atoms with Crippen molar-refractivity contribution in [1.82, 2.24) is 5.32 Å². The van der Waals surface area contributed by atoms with Gasteiger partial charge in [0, 0.05) is 12.6 Å². The monoisotopic (exact) mass is 263 g/mol. The van der Waals surface area contributed by atoms with Gasteiger partial charge < -0.3 is 10.1 Å². The minimum absolute atomic E-state index is 0.159. The molecule has 0 spiro atoms. The van der Waals surface area contributed by atoms with E-state index in [9.17, 15) is 4.79 Å². The molecular formula is C12H10ClN3O2. The maximum atomic E-state index is 11.3. The number of benzene rings is 1. The van der Waals surface area contributed by atoms with Crippen LogP contribution in [0.3, 0.4) is 0 Å². The Labute approximate surface area is 110 Å². The fourth-order valence-electron chi connectivity index (χ4n) is 1.13. The van der Waals surface area contributed by atoms with Crippen molar-refractivity contribution >= 4 is 17.5 Å². The van der Waals surface area contributed by atoms with Crippen LogP contribution in [0.5, 0.6) is 5.75 Å². The summed E-state index contributed by atoms with van der Waals surface area (Å²) in [7, 11) is 0. The summed E-state index contributed by atoms with van der Waals surface area (Å²) in [5.41, 5.74) is 0.350. The molecule has 0 aliphatic heterocycles. The van der Waals surface area contributed by atoms with E-state index in [2.05, 4.69) is 5.32 Å². The highest BCUT2D eigenvalue weighted by molar-refractivity contribution is 6.31. The summed E-state index contributed by atoms with van der Waals surface area (Å²) in [6.45, 7) is 0.139. The summed E-state index contributed by atoms with van der Waals surface area (Å²) in [5.74, 6) is 0.0974. The predicted molar refractivity (Wildman–Crippen MR) is 64.9 cm³/mol. The molecule has 0 radical (unpaired) electrons. The number of hydrogen-bond donors (Lipinski definition) is 1. The molecule has 92 valence electrons. The van der Waals surface area contributed by atoms with Crippen molar-refractivity contribution in [2.45, 2.75) is 6.42 Å². The van der Waals surface area contributed by atoms with E-state index in [0.717, 1.165) is 0 Å². The normalized spacial score (nSPS) is 9.06. The van der Waals surface area contributed by atoms with Gasteiger partial charge in [0.25, 0.3) is 5.91 Å². The van der Waals surface area contributed by atoms with Crippen LogP contribution < -0.4 is 10.1 Å². The van der Waals surface area contributed by atoms with Gasteiger partial charge in [-0.1, -0.05) is 11.6 Å². The minimum Gasteiger partial charge on any atom is -0.484 e. The molecule has 0 aromatic heterocycles. The number of halogens is 1. The Morgan fingerprint density at radius 2 is 2.22 bits per heavy atom. The number of nitrogens with zero attached hydrogens (tertiary/aromatic N) is 2. The van der Waals surface area contributed by atoms with Crippen LogP contribution in [0.15, 0.2) is 18.2 Å². The van der Waals surface area contributed by atoms with Crippen molar-refractivity contribution < 1.29 is 9.53 Å². The van der Waals surface area contributed by atoms with Crippen molar-refractivity contribution in [2.75, 3.05) is 13.2 Å². The highest BCUT2D eigenvalue weighted by Crippen LogP contribution is 2.21. The van der Waals surface area contributed by atoms with E-state index in [1.54, 1.807) is 6.07 Å². The van der Waals surface area contributed by atoms with Crippen LogP contribution in [0.1, 0.15) is 12.0 Å². The first-order chi connectivity index (χ1) is 8.67. The van der Waals surface area contributed by atoms with Gasteiger partial charge in [0.05, 0.1) is 23.1 Å². The number of carbonyl (C=O) groups excluding carboxylic acids is 1. The molecule has 0 atom stereocenters. The third-order valence-electron chi connectivity index (χ3n) is 1.99. The second-order valence-corrected chi connectivity index (χ2v) is 3.71. The Morgan fingerprint density at radius 3 is 2.83 bits per heavy atom. The van der Waals surface area contributed by atoms with Crippen LogP contribution in [-0.2, 0) is 4.79 Å². The van der Waals surface area contributed by atoms with Crippen LogP contribution in [0.4, 0.5) is 0 Å². The van der Waals surface area contributed by atoms with Crippen LogP contribution in [0.2, 0.25) is 5.02 Å². The summed E-state index contributed by atoms with van der Waals surface area (Å²) in [5, 5.41) is 19.8. The minimum atomic E-state index is -0.314. The van der Waals surface area contributed by atoms with Crippen LogP contribution >= 0.6 is 11.6 Å². The molecule has 0 saturated carbocycles. The van der Waals surface area contributed by atoms with Gasteiger partial charge in [-0.3, -0.25) is 4.79 Å². The Morgan fingerprint density at radius 1 is 1.44 bits per heavy atom. The molecule has 0 heterocycles. The number of ether oxygens (including phenoxy) is 1. The fraction of sp³-hybridized carbons (Fsp3) is 0.250. The highest BCUT2D eigenvalue weighted by atomic mass is 35.5. The predicted octanol–water partition coefficient (Wildman–Crippen LogP) is 1.62. The average molecular weight is 264 g/mol. The van der Waals surface area contributed by atoms with Crippen molar-refractivity contribution in [3.05, 3.63) is 28.8 Å². The molecule has 1 aromatic rings. The molecule has 0 saturated heterocycles. The Balaban J connectivity index is 2.45. The van der Waals surface area contributed by atoms with E-state index in [4.69, 9.17) is 26.9 Å². The Bertz CT molecular complexity index is 517. The molecular weight excluding hydrogens is 254 g/mol. The third-order valence-corrected chi connectivity index (χ3v) is 2.30. The largest absolute Gasteiger partial charge is 0.484 e. The number of rotatable bonds is 5. The van der Waals surface area contributed by atoms with Crippen molar-refractivity contribution in [3.8, 4) is 17.9 Å². The lowest BCUT2D eigenvalue weighted by atomic mass is 10.2. The lowest BCUT2D eigenvalue weighted by Crippen LogP contribution is -2.29. The fourth-order valence-corrected chi connectivity index (χ4v) is 1.35. The molecule has 0 bridgehead atoms. The summed E-state index contributed by atoms with van der Waals surface area (Å²) in [4.78, 5) is 11.3. The first-order valence-electron chi connectivity index (χ1n) is 5.13. The van der Waals surface area contributed by atoms with Crippen molar-refractivity contribution in [2.24, 2.45) is 0 Å². The number of nitrogens with one attached hydrogen (secondary N) is 1. The lowest BCUT2D eigenvalue weighted by molar-refractivity contribution is -0.123. The van der Waals surface area contributed by atoms with Gasteiger partial charge >= 0.3 is 0 Å². The molecule has 0 fully saturated rings. The Hall–Kier alpha value is -2.24. The summed E-state index contributed by atoms with van der Waals surface area (Å²) >= 11 is 5.81. The van der Waals surface area contributed by atoms with E-state index >= 15 is 0 Å². The zero-order valence-electron chi connectivity index (χ0n) is 9.44. The van der Waals surface area contributed by atoms with E-state index in [-0.39, 0.29) is 24.0 Å². The number of carbonyl (C=O) groups is 1. The van der Waals surface area contributed by atoms with Gasteiger partial charge in [0.2, 0.25) is 0 Å². The first-order valence-corrected chi connectivity index (χ1v) is 5.51. The molecule has 1 amide bonds. The van der Waals surface area contributed by atoms with Gasteiger partial charge in [-0.25, -0.2) is 0 Å². The maximum Gasteiger partial charge on any atom is 0.257 e. The maximum absolute atomic E-state index is 11.3. The molecule has 1 rings (SSSR count). The molecule has 1 N–H and O–H groups in total. The van der Waals surface area contributed by atoms with E-state index in [1.165, 1.54) is 12.1 Å². The van der Waals surface area contributed by atoms with E-state index in [0.29, 0.717) is 17.9 Å². The molecule has 5 nitrogen and oxygen atoms in total. The molecule has 0 unspecified atom stereocenters. The highest BCUT2D eigenvalue weighted by Gasteiger charge is 2.04. The lowest BCUT2D eigenvalue weighted by Gasteiger charge is -2.07. The van der Waals surface area contributed by atoms with Crippen LogP contribution in [0.25, 0.3) is 0 Å². The molecule has 0 aliphatic rings. The quantitative estimate of drug-likeness (QED) is 0.818. The van der Waals surface area contributed by atoms with Crippen molar-refractivity contribution in [1.29, 1.82) is 10.5 Å². The zero-order chi connectivity index (χ0) is 13.4. The standard InChI is InChI=1S/C12H10ClN3O2/c13-11-6-10(3-2-9(11)7-15)18-8-12(17)16-5-1-4-14/h2-3,6H,1,5,8H2,(H,16,17).